The van der Waals surface area contributed by atoms with Gasteiger partial charge in [0.15, 0.2) is 5.78 Å². The van der Waals surface area contributed by atoms with E-state index in [9.17, 15) is 9.90 Å². The maximum Gasteiger partial charge on any atom is 0.170 e. The maximum atomic E-state index is 13.1. The predicted octanol–water partition coefficient (Wildman–Crippen LogP) is 5.64. The second kappa shape index (κ2) is 5.98. The van der Waals surface area contributed by atoms with Crippen LogP contribution in [-0.4, -0.2) is 29.7 Å². The summed E-state index contributed by atoms with van der Waals surface area (Å²) in [4.78, 5) is 13.1. The quantitative estimate of drug-likeness (QED) is 0.550. The summed E-state index contributed by atoms with van der Waals surface area (Å²) in [5.41, 5.74) is 0.692. The van der Waals surface area contributed by atoms with Gasteiger partial charge in [-0.2, -0.15) is 0 Å². The van der Waals surface area contributed by atoms with Gasteiger partial charge in [0.25, 0.3) is 0 Å². The number of ether oxygens (including phenoxy) is 1. The summed E-state index contributed by atoms with van der Waals surface area (Å²) in [6.45, 7) is 15.1. The van der Waals surface area contributed by atoms with Gasteiger partial charge in [0.2, 0.25) is 0 Å². The Labute approximate surface area is 189 Å². The molecule has 6 rings (SSSR count). The molecule has 6 fully saturated rings. The summed E-state index contributed by atoms with van der Waals surface area (Å²) < 4.78 is 6.20. The third kappa shape index (κ3) is 2.18. The second-order valence-electron chi connectivity index (χ2n) is 14.2. The fourth-order valence-electron chi connectivity index (χ4n) is 11.5. The number of hydrogen-bond donors (Lipinski definition) is 1. The van der Waals surface area contributed by atoms with E-state index in [0.717, 1.165) is 11.8 Å². The van der Waals surface area contributed by atoms with E-state index < -0.39 is 0 Å². The van der Waals surface area contributed by atoms with E-state index in [4.69, 9.17) is 4.74 Å². The summed E-state index contributed by atoms with van der Waals surface area (Å²) in [6, 6.07) is 0. The number of rotatable bonds is 1. The van der Waals surface area contributed by atoms with Gasteiger partial charge >= 0.3 is 0 Å². The second-order valence-corrected chi connectivity index (χ2v) is 14.2. The average Bonchev–Trinajstić information content (AvgIpc) is 3.46. The lowest BCUT2D eigenvalue weighted by atomic mass is 9.32. The Morgan fingerprint density at radius 3 is 2.35 bits per heavy atom. The highest BCUT2D eigenvalue weighted by Crippen LogP contribution is 2.78. The lowest BCUT2D eigenvalue weighted by molar-refractivity contribution is -0.236. The molecule has 6 aliphatic rings. The van der Waals surface area contributed by atoms with Gasteiger partial charge in [-0.15, -0.1) is 0 Å². The molecule has 3 nitrogen and oxygen atoms in total. The third-order valence-corrected chi connectivity index (χ3v) is 13.3. The topological polar surface area (TPSA) is 49.8 Å². The highest BCUT2D eigenvalue weighted by atomic mass is 16.6. The van der Waals surface area contributed by atoms with Crippen molar-refractivity contribution >= 4 is 5.78 Å². The lowest BCUT2D eigenvalue weighted by Gasteiger charge is -2.71. The van der Waals surface area contributed by atoms with E-state index in [0.29, 0.717) is 41.0 Å². The number of epoxide rings is 1. The van der Waals surface area contributed by atoms with Crippen LogP contribution in [-0.2, 0) is 9.53 Å². The fourth-order valence-corrected chi connectivity index (χ4v) is 11.5. The first-order valence-electron chi connectivity index (χ1n) is 13.3. The molecule has 3 heteroatoms. The van der Waals surface area contributed by atoms with E-state index in [2.05, 4.69) is 41.5 Å². The Kier molecular flexibility index (Phi) is 4.08. The lowest BCUT2D eigenvalue weighted by Crippen LogP contribution is -2.68. The molecule has 0 aromatic rings. The van der Waals surface area contributed by atoms with Crippen molar-refractivity contribution in [1.82, 2.24) is 0 Å². The van der Waals surface area contributed by atoms with Crippen LogP contribution in [0.1, 0.15) is 92.9 Å². The van der Waals surface area contributed by atoms with E-state index >= 15 is 0 Å². The van der Waals surface area contributed by atoms with E-state index in [1.807, 2.05) is 0 Å². The Bertz CT molecular complexity index is 819. The van der Waals surface area contributed by atoms with Crippen molar-refractivity contribution in [2.24, 2.45) is 56.7 Å². The summed E-state index contributed by atoms with van der Waals surface area (Å²) >= 11 is 0. The molecule has 0 radical (unpaired) electrons. The van der Waals surface area contributed by atoms with Crippen molar-refractivity contribution < 1.29 is 14.6 Å². The predicted molar refractivity (Wildman–Crippen MR) is 121 cm³/mol. The highest BCUT2D eigenvalue weighted by Gasteiger charge is 2.77. The van der Waals surface area contributed by atoms with Gasteiger partial charge in [-0.25, -0.2) is 0 Å². The van der Waals surface area contributed by atoms with Gasteiger partial charge in [-0.3, -0.25) is 4.79 Å². The van der Waals surface area contributed by atoms with Crippen molar-refractivity contribution in [3.05, 3.63) is 0 Å². The molecule has 31 heavy (non-hydrogen) atoms. The molecule has 1 aliphatic heterocycles. The first kappa shape index (κ1) is 21.1. The molecule has 0 amide bonds. The molecule has 0 unspecified atom stereocenters. The van der Waals surface area contributed by atoms with Crippen LogP contribution in [0.3, 0.4) is 0 Å². The number of fused-ring (bicyclic) bond motifs is 9. The van der Waals surface area contributed by atoms with Crippen molar-refractivity contribution in [3.63, 3.8) is 0 Å². The number of aliphatic hydroxyl groups excluding tert-OH is 1. The number of ketones is 1. The van der Waals surface area contributed by atoms with Crippen LogP contribution in [0, 0.1) is 56.7 Å². The third-order valence-electron chi connectivity index (χ3n) is 13.3. The molecule has 174 valence electrons. The van der Waals surface area contributed by atoms with Crippen LogP contribution >= 0.6 is 0 Å². The molecule has 1 saturated heterocycles. The zero-order valence-corrected chi connectivity index (χ0v) is 20.7. The van der Waals surface area contributed by atoms with Crippen molar-refractivity contribution in [2.75, 3.05) is 6.61 Å². The SMILES string of the molecule is C[C@@H]1CC[C@]2(CO)CC[C@]3(C)[C@H](CC[C@@H]4[C@@]5(C)[C@H]6O[C@H]6C(=O)C(C)(C)[C@@H]5CC[C@]43C)[C@@H]12. The number of hydrogen-bond acceptors (Lipinski definition) is 3. The summed E-state index contributed by atoms with van der Waals surface area (Å²) in [6.07, 6.45) is 10.1. The van der Waals surface area contributed by atoms with Gasteiger partial charge in [0.05, 0.1) is 6.10 Å². The molecule has 1 heterocycles. The van der Waals surface area contributed by atoms with E-state index in [-0.39, 0.29) is 28.5 Å². The average molecular weight is 429 g/mol. The first-order chi connectivity index (χ1) is 14.5. The zero-order chi connectivity index (χ0) is 22.2. The molecule has 0 aromatic heterocycles. The molecule has 11 atom stereocenters. The Morgan fingerprint density at radius 2 is 1.65 bits per heavy atom. The molecule has 0 spiro atoms. The molecular weight excluding hydrogens is 384 g/mol. The van der Waals surface area contributed by atoms with Crippen molar-refractivity contribution in [2.45, 2.75) is 105 Å². The van der Waals surface area contributed by atoms with Gasteiger partial charge in [0, 0.05) is 17.4 Å². The number of aliphatic hydroxyl groups is 1. The summed E-state index contributed by atoms with van der Waals surface area (Å²) in [7, 11) is 0. The van der Waals surface area contributed by atoms with E-state index in [1.54, 1.807) is 0 Å². The molecule has 5 saturated carbocycles. The Balaban J connectivity index is 1.42. The first-order valence-corrected chi connectivity index (χ1v) is 13.3. The molecule has 5 aliphatic carbocycles. The monoisotopic (exact) mass is 428 g/mol. The van der Waals surface area contributed by atoms with Crippen LogP contribution in [0.25, 0.3) is 0 Å². The van der Waals surface area contributed by atoms with Gasteiger partial charge in [-0.1, -0.05) is 41.5 Å². The van der Waals surface area contributed by atoms with Crippen LogP contribution in [0.15, 0.2) is 0 Å². The molecular formula is C28H44O3. The minimum absolute atomic E-state index is 0.121. The Hall–Kier alpha value is -0.410. The van der Waals surface area contributed by atoms with Gasteiger partial charge < -0.3 is 9.84 Å². The van der Waals surface area contributed by atoms with Crippen LogP contribution < -0.4 is 0 Å². The molecule has 1 N–H and O–H groups in total. The van der Waals surface area contributed by atoms with Gasteiger partial charge in [0.1, 0.15) is 6.10 Å². The normalized spacial score (nSPS) is 61.5. The van der Waals surface area contributed by atoms with Crippen LogP contribution in [0.5, 0.6) is 0 Å². The Morgan fingerprint density at radius 1 is 0.903 bits per heavy atom. The van der Waals surface area contributed by atoms with Crippen molar-refractivity contribution in [1.29, 1.82) is 0 Å². The standard InChI is InChI=1S/C28H44O3/c1-16-9-12-28(15-29)14-13-25(4)17(20(16)28)7-8-19-26(25,5)11-10-18-24(2,3)22(30)21-23(31-21)27(18,19)6/h16-21,23,29H,7-15H2,1-6H3/t16-,17-,18+,19+,20-,21+,23+,25-,26-,27+,28-/m1/s1. The summed E-state index contributed by atoms with van der Waals surface area (Å²) in [5.74, 6) is 3.62. The number of Topliss-reactive ketones (excluding diaryl/α,β-unsaturated/α-hetero) is 1. The highest BCUT2D eigenvalue weighted by molar-refractivity contribution is 5.92. The fraction of sp³-hybridized carbons (Fsp3) is 0.964. The smallest absolute Gasteiger partial charge is 0.170 e. The van der Waals surface area contributed by atoms with Crippen LogP contribution in [0.4, 0.5) is 0 Å². The maximum absolute atomic E-state index is 13.1. The minimum Gasteiger partial charge on any atom is -0.396 e. The van der Waals surface area contributed by atoms with Crippen molar-refractivity contribution in [3.8, 4) is 0 Å². The number of carbonyl (C=O) groups is 1. The zero-order valence-electron chi connectivity index (χ0n) is 20.7. The summed E-state index contributed by atoms with van der Waals surface area (Å²) in [5, 5.41) is 10.5. The van der Waals surface area contributed by atoms with Crippen LogP contribution in [0.2, 0.25) is 0 Å². The largest absolute Gasteiger partial charge is 0.396 e. The molecule has 0 aromatic carbocycles. The number of carbonyl (C=O) groups excluding carboxylic acids is 1. The molecule has 0 bridgehead atoms. The minimum atomic E-state index is -0.260. The van der Waals surface area contributed by atoms with E-state index in [1.165, 1.54) is 51.4 Å². The van der Waals surface area contributed by atoms with Gasteiger partial charge in [-0.05, 0) is 97.2 Å².